The van der Waals surface area contributed by atoms with Gasteiger partial charge in [-0.05, 0) is 18.6 Å². The number of benzene rings is 1. The van der Waals surface area contributed by atoms with Crippen molar-refractivity contribution in [2.24, 2.45) is 0 Å². The Balaban J connectivity index is 1.96. The van der Waals surface area contributed by atoms with E-state index < -0.39 is 5.91 Å². The summed E-state index contributed by atoms with van der Waals surface area (Å²) in [6.07, 6.45) is 2.92. The molecule has 0 aliphatic rings. The number of hydrogen-bond acceptors (Lipinski definition) is 8. The van der Waals surface area contributed by atoms with E-state index in [0.29, 0.717) is 22.4 Å². The van der Waals surface area contributed by atoms with E-state index in [4.69, 9.17) is 14.2 Å². The topological polar surface area (TPSA) is 112 Å². The minimum Gasteiger partial charge on any atom is -0.493 e. The molecule has 9 nitrogen and oxygen atoms in total. The lowest BCUT2D eigenvalue weighted by Gasteiger charge is -2.14. The SMILES string of the molecule is CCCCc1nnc(NC(=O)CNC(=O)c2cc(OC)c(OC)c(OC)c2)s1. The predicted octanol–water partition coefficient (Wildman–Crippen LogP) is 2.28. The van der Waals surface area contributed by atoms with E-state index in [9.17, 15) is 9.59 Å². The number of aryl methyl sites for hydroxylation is 1. The fourth-order valence-electron chi connectivity index (χ4n) is 2.37. The van der Waals surface area contributed by atoms with Crippen molar-refractivity contribution in [3.63, 3.8) is 0 Å². The average molecular weight is 408 g/mol. The third kappa shape index (κ3) is 5.56. The van der Waals surface area contributed by atoms with Crippen molar-refractivity contribution >= 4 is 28.3 Å². The molecule has 0 bridgehead atoms. The molecule has 0 radical (unpaired) electrons. The molecule has 0 saturated carbocycles. The lowest BCUT2D eigenvalue weighted by Crippen LogP contribution is -2.32. The minimum absolute atomic E-state index is 0.209. The number of carbonyl (C=O) groups excluding carboxylic acids is 2. The van der Waals surface area contributed by atoms with E-state index in [1.165, 1.54) is 44.8 Å². The highest BCUT2D eigenvalue weighted by atomic mass is 32.1. The van der Waals surface area contributed by atoms with Crippen LogP contribution in [0.3, 0.4) is 0 Å². The summed E-state index contributed by atoms with van der Waals surface area (Å²) in [6, 6.07) is 3.03. The molecule has 2 rings (SSSR count). The van der Waals surface area contributed by atoms with Crippen LogP contribution in [0.1, 0.15) is 35.1 Å². The average Bonchev–Trinajstić information content (AvgIpc) is 3.16. The number of carbonyl (C=O) groups is 2. The van der Waals surface area contributed by atoms with E-state index in [2.05, 4.69) is 27.8 Å². The first-order valence-electron chi connectivity index (χ1n) is 8.72. The molecule has 1 aromatic carbocycles. The number of anilines is 1. The molecule has 0 spiro atoms. The van der Waals surface area contributed by atoms with Crippen LogP contribution in [0.5, 0.6) is 17.2 Å². The van der Waals surface area contributed by atoms with Gasteiger partial charge in [0.25, 0.3) is 5.91 Å². The van der Waals surface area contributed by atoms with Crippen molar-refractivity contribution in [3.05, 3.63) is 22.7 Å². The van der Waals surface area contributed by atoms with E-state index in [1.54, 1.807) is 0 Å². The van der Waals surface area contributed by atoms with Crippen molar-refractivity contribution in [1.29, 1.82) is 0 Å². The summed E-state index contributed by atoms with van der Waals surface area (Å²) in [6.45, 7) is 1.89. The molecule has 0 saturated heterocycles. The third-order valence-corrected chi connectivity index (χ3v) is 4.69. The molecule has 10 heteroatoms. The fraction of sp³-hybridized carbons (Fsp3) is 0.444. The Morgan fingerprint density at radius 1 is 1.07 bits per heavy atom. The zero-order valence-corrected chi connectivity index (χ0v) is 17.1. The normalized spacial score (nSPS) is 10.3. The van der Waals surface area contributed by atoms with Crippen LogP contribution >= 0.6 is 11.3 Å². The fourth-order valence-corrected chi connectivity index (χ4v) is 3.17. The number of nitrogens with zero attached hydrogens (tertiary/aromatic N) is 2. The molecule has 2 amide bonds. The van der Waals surface area contributed by atoms with Crippen LogP contribution in [0.15, 0.2) is 12.1 Å². The van der Waals surface area contributed by atoms with Crippen LogP contribution in [0.4, 0.5) is 5.13 Å². The number of unbranched alkanes of at least 4 members (excludes halogenated alkanes) is 1. The molecule has 0 aliphatic heterocycles. The molecular weight excluding hydrogens is 384 g/mol. The molecule has 0 aliphatic carbocycles. The van der Waals surface area contributed by atoms with Gasteiger partial charge >= 0.3 is 0 Å². The highest BCUT2D eigenvalue weighted by Crippen LogP contribution is 2.38. The summed E-state index contributed by atoms with van der Waals surface area (Å²) in [4.78, 5) is 24.5. The summed E-state index contributed by atoms with van der Waals surface area (Å²) in [5.41, 5.74) is 0.278. The van der Waals surface area contributed by atoms with Crippen LogP contribution in [-0.4, -0.2) is 49.9 Å². The maximum Gasteiger partial charge on any atom is 0.251 e. The lowest BCUT2D eigenvalue weighted by atomic mass is 10.1. The zero-order chi connectivity index (χ0) is 20.5. The van der Waals surface area contributed by atoms with Crippen molar-refractivity contribution in [2.75, 3.05) is 33.2 Å². The van der Waals surface area contributed by atoms with E-state index in [1.807, 2.05) is 0 Å². The van der Waals surface area contributed by atoms with Crippen molar-refractivity contribution < 1.29 is 23.8 Å². The summed E-state index contributed by atoms with van der Waals surface area (Å²) >= 11 is 1.33. The van der Waals surface area contributed by atoms with Gasteiger partial charge < -0.3 is 19.5 Å². The van der Waals surface area contributed by atoms with Gasteiger partial charge in [-0.3, -0.25) is 14.9 Å². The molecule has 152 valence electrons. The summed E-state index contributed by atoms with van der Waals surface area (Å²) < 4.78 is 15.7. The summed E-state index contributed by atoms with van der Waals surface area (Å²) in [7, 11) is 4.40. The van der Waals surface area contributed by atoms with Gasteiger partial charge in [0.2, 0.25) is 16.8 Å². The second-order valence-electron chi connectivity index (χ2n) is 5.75. The second-order valence-corrected chi connectivity index (χ2v) is 6.81. The molecule has 2 aromatic rings. The quantitative estimate of drug-likeness (QED) is 0.620. The Kier molecular flexibility index (Phi) is 8.00. The smallest absolute Gasteiger partial charge is 0.251 e. The van der Waals surface area contributed by atoms with Gasteiger partial charge in [-0.1, -0.05) is 24.7 Å². The number of amides is 2. The monoisotopic (exact) mass is 408 g/mol. The molecule has 0 fully saturated rings. The van der Waals surface area contributed by atoms with Crippen LogP contribution in [0, 0.1) is 0 Å². The molecular formula is C18H24N4O5S. The van der Waals surface area contributed by atoms with Crippen LogP contribution in [-0.2, 0) is 11.2 Å². The van der Waals surface area contributed by atoms with E-state index in [-0.39, 0.29) is 18.0 Å². The first-order valence-corrected chi connectivity index (χ1v) is 9.54. The van der Waals surface area contributed by atoms with Crippen molar-refractivity contribution in [3.8, 4) is 17.2 Å². The first-order chi connectivity index (χ1) is 13.5. The van der Waals surface area contributed by atoms with E-state index >= 15 is 0 Å². The second kappa shape index (κ2) is 10.5. The van der Waals surface area contributed by atoms with Gasteiger partial charge in [0.1, 0.15) is 5.01 Å². The van der Waals surface area contributed by atoms with Crippen LogP contribution in [0.25, 0.3) is 0 Å². The maximum atomic E-state index is 12.4. The molecule has 0 atom stereocenters. The Morgan fingerprint density at radius 2 is 1.75 bits per heavy atom. The zero-order valence-electron chi connectivity index (χ0n) is 16.3. The molecule has 1 heterocycles. The third-order valence-electron chi connectivity index (χ3n) is 3.79. The molecule has 2 N–H and O–H groups in total. The maximum absolute atomic E-state index is 12.4. The number of rotatable bonds is 10. The number of ether oxygens (including phenoxy) is 3. The predicted molar refractivity (Wildman–Crippen MR) is 106 cm³/mol. The Hall–Kier alpha value is -2.88. The highest BCUT2D eigenvalue weighted by molar-refractivity contribution is 7.15. The number of hydrogen-bond donors (Lipinski definition) is 2. The number of methoxy groups -OCH3 is 3. The molecule has 1 aromatic heterocycles. The van der Waals surface area contributed by atoms with E-state index in [0.717, 1.165) is 24.3 Å². The van der Waals surface area contributed by atoms with Crippen LogP contribution < -0.4 is 24.8 Å². The van der Waals surface area contributed by atoms with Gasteiger partial charge in [-0.25, -0.2) is 0 Å². The van der Waals surface area contributed by atoms with Crippen molar-refractivity contribution in [2.45, 2.75) is 26.2 Å². The molecule has 28 heavy (non-hydrogen) atoms. The Morgan fingerprint density at radius 3 is 2.32 bits per heavy atom. The Labute approximate surface area is 167 Å². The van der Waals surface area contributed by atoms with Gasteiger partial charge in [-0.15, -0.1) is 10.2 Å². The largest absolute Gasteiger partial charge is 0.493 e. The summed E-state index contributed by atoms with van der Waals surface area (Å²) in [5, 5.41) is 14.4. The number of nitrogens with one attached hydrogen (secondary N) is 2. The van der Waals surface area contributed by atoms with Gasteiger partial charge in [0, 0.05) is 12.0 Å². The van der Waals surface area contributed by atoms with Crippen molar-refractivity contribution in [1.82, 2.24) is 15.5 Å². The minimum atomic E-state index is -0.449. The molecule has 0 unspecified atom stereocenters. The highest BCUT2D eigenvalue weighted by Gasteiger charge is 2.17. The van der Waals surface area contributed by atoms with Gasteiger partial charge in [0.15, 0.2) is 11.5 Å². The lowest BCUT2D eigenvalue weighted by molar-refractivity contribution is -0.115. The number of aromatic nitrogens is 2. The van der Waals surface area contributed by atoms with Gasteiger partial charge in [0.05, 0.1) is 27.9 Å². The van der Waals surface area contributed by atoms with Gasteiger partial charge in [-0.2, -0.15) is 0 Å². The first kappa shape index (κ1) is 21.4. The standard InChI is InChI=1S/C18H24N4O5S/c1-5-6-7-15-21-22-18(28-15)20-14(23)10-19-17(24)11-8-12(25-2)16(27-4)13(9-11)26-3/h8-9H,5-7,10H2,1-4H3,(H,19,24)(H,20,22,23). The Bertz CT molecular complexity index is 799. The summed E-state index contributed by atoms with van der Waals surface area (Å²) in [5.74, 6) is 0.249. The van der Waals surface area contributed by atoms with Crippen LogP contribution in [0.2, 0.25) is 0 Å².